The second-order valence-electron chi connectivity index (χ2n) is 3.45. The fourth-order valence-corrected chi connectivity index (χ4v) is 3.26. The summed E-state index contributed by atoms with van der Waals surface area (Å²) in [5.74, 6) is 0. The minimum Gasteiger partial charge on any atom is -0.207 e. The van der Waals surface area contributed by atoms with Crippen molar-refractivity contribution in [2.45, 2.75) is 25.2 Å². The van der Waals surface area contributed by atoms with Gasteiger partial charge in [-0.15, -0.1) is 0 Å². The second-order valence-corrected chi connectivity index (χ2v) is 6.30. The van der Waals surface area contributed by atoms with E-state index < -0.39 is 10.0 Å². The molecule has 0 heterocycles. The van der Waals surface area contributed by atoms with Gasteiger partial charge in [-0.25, -0.2) is 8.42 Å². The Kier molecular flexibility index (Phi) is 4.95. The number of halogens is 1. The van der Waals surface area contributed by atoms with Crippen molar-refractivity contribution < 1.29 is 8.42 Å². The number of rotatable bonds is 5. The predicted molar refractivity (Wildman–Crippen MR) is 68.9 cm³/mol. The van der Waals surface area contributed by atoms with Gasteiger partial charge in [0.15, 0.2) is 0 Å². The fourth-order valence-electron chi connectivity index (χ4n) is 1.45. The molecule has 0 saturated heterocycles. The standard InChI is InChI=1S/C11H16BrNO2S/c1-3-9-13(4-2)16(14,15)11-7-5-10(12)6-8-11/h5-8H,3-4,9H2,1-2H3. The lowest BCUT2D eigenvalue weighted by molar-refractivity contribution is 0.427. The Labute approximate surface area is 106 Å². The summed E-state index contributed by atoms with van der Waals surface area (Å²) in [6.45, 7) is 4.90. The van der Waals surface area contributed by atoms with E-state index in [0.29, 0.717) is 18.0 Å². The van der Waals surface area contributed by atoms with Crippen molar-refractivity contribution in [3.63, 3.8) is 0 Å². The number of sulfonamides is 1. The molecule has 90 valence electrons. The van der Waals surface area contributed by atoms with Crippen LogP contribution in [0.1, 0.15) is 20.3 Å². The first kappa shape index (κ1) is 13.7. The number of benzene rings is 1. The molecule has 0 saturated carbocycles. The highest BCUT2D eigenvalue weighted by Crippen LogP contribution is 2.18. The molecule has 0 bridgehead atoms. The van der Waals surface area contributed by atoms with Gasteiger partial charge in [0, 0.05) is 17.6 Å². The van der Waals surface area contributed by atoms with E-state index in [4.69, 9.17) is 0 Å². The van der Waals surface area contributed by atoms with E-state index in [1.807, 2.05) is 13.8 Å². The lowest BCUT2D eigenvalue weighted by atomic mass is 10.4. The minimum absolute atomic E-state index is 0.353. The van der Waals surface area contributed by atoms with Gasteiger partial charge in [0.2, 0.25) is 10.0 Å². The molecule has 0 radical (unpaired) electrons. The third-order valence-electron chi connectivity index (χ3n) is 2.28. The molecule has 0 amide bonds. The molecule has 1 rings (SSSR count). The van der Waals surface area contributed by atoms with Crippen molar-refractivity contribution >= 4 is 26.0 Å². The average Bonchev–Trinajstić information content (AvgIpc) is 2.26. The third kappa shape index (κ3) is 3.06. The van der Waals surface area contributed by atoms with Crippen LogP contribution in [-0.2, 0) is 10.0 Å². The Morgan fingerprint density at radius 1 is 1.19 bits per heavy atom. The van der Waals surface area contributed by atoms with Crippen molar-refractivity contribution in [2.24, 2.45) is 0 Å². The van der Waals surface area contributed by atoms with Gasteiger partial charge in [-0.3, -0.25) is 0 Å². The average molecular weight is 306 g/mol. The molecule has 0 spiro atoms. The molecule has 0 atom stereocenters. The summed E-state index contributed by atoms with van der Waals surface area (Å²) in [4.78, 5) is 0.353. The molecule has 1 aromatic rings. The van der Waals surface area contributed by atoms with Crippen LogP contribution in [0.15, 0.2) is 33.6 Å². The summed E-state index contributed by atoms with van der Waals surface area (Å²) in [6.07, 6.45) is 0.823. The first-order valence-corrected chi connectivity index (χ1v) is 7.51. The Hall–Kier alpha value is -0.390. The highest BCUT2D eigenvalue weighted by Gasteiger charge is 2.21. The maximum atomic E-state index is 12.2. The largest absolute Gasteiger partial charge is 0.243 e. The zero-order chi connectivity index (χ0) is 12.2. The van der Waals surface area contributed by atoms with Crippen molar-refractivity contribution in [1.29, 1.82) is 0 Å². The lowest BCUT2D eigenvalue weighted by Gasteiger charge is -2.19. The maximum Gasteiger partial charge on any atom is 0.243 e. The summed E-state index contributed by atoms with van der Waals surface area (Å²) < 4.78 is 26.7. The van der Waals surface area contributed by atoms with Crippen LogP contribution < -0.4 is 0 Å². The van der Waals surface area contributed by atoms with Crippen LogP contribution in [0.2, 0.25) is 0 Å². The summed E-state index contributed by atoms with van der Waals surface area (Å²) in [5, 5.41) is 0. The van der Waals surface area contributed by atoms with Gasteiger partial charge in [0.05, 0.1) is 4.90 Å². The van der Waals surface area contributed by atoms with Gasteiger partial charge in [-0.05, 0) is 30.7 Å². The minimum atomic E-state index is -3.32. The van der Waals surface area contributed by atoms with Crippen LogP contribution in [0.4, 0.5) is 0 Å². The summed E-state index contributed by atoms with van der Waals surface area (Å²) in [7, 11) is -3.32. The topological polar surface area (TPSA) is 37.4 Å². The van der Waals surface area contributed by atoms with Gasteiger partial charge < -0.3 is 0 Å². The maximum absolute atomic E-state index is 12.2. The molecule has 0 aliphatic carbocycles. The van der Waals surface area contributed by atoms with E-state index in [1.165, 1.54) is 4.31 Å². The zero-order valence-electron chi connectivity index (χ0n) is 9.48. The van der Waals surface area contributed by atoms with Crippen LogP contribution >= 0.6 is 15.9 Å². The van der Waals surface area contributed by atoms with E-state index in [9.17, 15) is 8.42 Å². The highest BCUT2D eigenvalue weighted by molar-refractivity contribution is 9.10. The summed E-state index contributed by atoms with van der Waals surface area (Å²) in [5.41, 5.74) is 0. The smallest absolute Gasteiger partial charge is 0.207 e. The first-order chi connectivity index (χ1) is 7.52. The van der Waals surface area contributed by atoms with Crippen LogP contribution in [-0.4, -0.2) is 25.8 Å². The Morgan fingerprint density at radius 2 is 1.75 bits per heavy atom. The molecule has 0 fully saturated rings. The highest BCUT2D eigenvalue weighted by atomic mass is 79.9. The van der Waals surface area contributed by atoms with E-state index in [1.54, 1.807) is 24.3 Å². The molecule has 3 nitrogen and oxygen atoms in total. The van der Waals surface area contributed by atoms with Gasteiger partial charge in [-0.2, -0.15) is 4.31 Å². The van der Waals surface area contributed by atoms with E-state index in [2.05, 4.69) is 15.9 Å². The molecule has 1 aromatic carbocycles. The van der Waals surface area contributed by atoms with E-state index in [-0.39, 0.29) is 0 Å². The molecule has 16 heavy (non-hydrogen) atoms. The van der Waals surface area contributed by atoms with Crippen LogP contribution in [0.25, 0.3) is 0 Å². The molecule has 5 heteroatoms. The van der Waals surface area contributed by atoms with Gasteiger partial charge >= 0.3 is 0 Å². The quantitative estimate of drug-likeness (QED) is 0.839. The first-order valence-electron chi connectivity index (χ1n) is 5.28. The summed E-state index contributed by atoms with van der Waals surface area (Å²) >= 11 is 3.29. The second kappa shape index (κ2) is 5.80. The number of hydrogen-bond donors (Lipinski definition) is 0. The number of nitrogens with zero attached hydrogens (tertiary/aromatic N) is 1. The Morgan fingerprint density at radius 3 is 2.19 bits per heavy atom. The van der Waals surface area contributed by atoms with Gasteiger partial charge in [-0.1, -0.05) is 29.8 Å². The predicted octanol–water partition coefficient (Wildman–Crippen LogP) is 2.87. The van der Waals surface area contributed by atoms with Crippen molar-refractivity contribution in [1.82, 2.24) is 4.31 Å². The fraction of sp³-hybridized carbons (Fsp3) is 0.455. The molecule has 0 aromatic heterocycles. The van der Waals surface area contributed by atoms with Crippen LogP contribution in [0, 0.1) is 0 Å². The molecule has 0 aliphatic heterocycles. The molecule has 0 unspecified atom stereocenters. The zero-order valence-corrected chi connectivity index (χ0v) is 11.9. The third-order valence-corrected chi connectivity index (χ3v) is 4.79. The normalized spacial score (nSPS) is 12.0. The number of hydrogen-bond acceptors (Lipinski definition) is 2. The summed E-state index contributed by atoms with van der Waals surface area (Å²) in [6, 6.07) is 6.73. The SMILES string of the molecule is CCCN(CC)S(=O)(=O)c1ccc(Br)cc1. The molecular formula is C11H16BrNO2S. The Balaban J connectivity index is 3.04. The monoisotopic (exact) mass is 305 g/mol. The Bertz CT molecular complexity index is 428. The van der Waals surface area contributed by atoms with Crippen molar-refractivity contribution in [2.75, 3.05) is 13.1 Å². The molecular weight excluding hydrogens is 290 g/mol. The lowest BCUT2D eigenvalue weighted by Crippen LogP contribution is -2.31. The van der Waals surface area contributed by atoms with Crippen molar-refractivity contribution in [3.8, 4) is 0 Å². The van der Waals surface area contributed by atoms with E-state index >= 15 is 0 Å². The van der Waals surface area contributed by atoms with Crippen LogP contribution in [0.3, 0.4) is 0 Å². The van der Waals surface area contributed by atoms with Crippen molar-refractivity contribution in [3.05, 3.63) is 28.7 Å². The van der Waals surface area contributed by atoms with Gasteiger partial charge in [0.1, 0.15) is 0 Å². The van der Waals surface area contributed by atoms with Gasteiger partial charge in [0.25, 0.3) is 0 Å². The van der Waals surface area contributed by atoms with E-state index in [0.717, 1.165) is 10.9 Å². The van der Waals surface area contributed by atoms with Crippen LogP contribution in [0.5, 0.6) is 0 Å². The molecule has 0 aliphatic rings. The molecule has 0 N–H and O–H groups in total.